The summed E-state index contributed by atoms with van der Waals surface area (Å²) in [6.45, 7) is 4.25. The zero-order chi connectivity index (χ0) is 10.8. The summed E-state index contributed by atoms with van der Waals surface area (Å²) in [5.41, 5.74) is 10.2. The molecule has 0 saturated carbocycles. The highest BCUT2D eigenvalue weighted by Gasteiger charge is 2.07. The van der Waals surface area contributed by atoms with Gasteiger partial charge < -0.3 is 10.3 Å². The number of anilines is 1. The van der Waals surface area contributed by atoms with E-state index in [1.54, 1.807) is 6.20 Å². The fraction of sp³-hybridized carbons (Fsp3) is 0.250. The third kappa shape index (κ3) is 1.73. The van der Waals surface area contributed by atoms with Crippen molar-refractivity contribution in [3.63, 3.8) is 0 Å². The average Bonchev–Trinajstić information content (AvgIpc) is 2.65. The molecule has 1 heterocycles. The van der Waals surface area contributed by atoms with Gasteiger partial charge in [-0.15, -0.1) is 0 Å². The van der Waals surface area contributed by atoms with E-state index in [0.29, 0.717) is 5.88 Å². The first-order valence-electron chi connectivity index (χ1n) is 5.02. The summed E-state index contributed by atoms with van der Waals surface area (Å²) in [5, 5.41) is 3.68. The van der Waals surface area contributed by atoms with Crippen molar-refractivity contribution < 1.29 is 4.52 Å². The van der Waals surface area contributed by atoms with E-state index in [1.807, 2.05) is 6.07 Å². The summed E-state index contributed by atoms with van der Waals surface area (Å²) in [7, 11) is 0. The van der Waals surface area contributed by atoms with Crippen LogP contribution in [0.3, 0.4) is 0 Å². The minimum absolute atomic E-state index is 0.376. The molecule has 2 rings (SSSR count). The Bertz CT molecular complexity index is 474. The van der Waals surface area contributed by atoms with Gasteiger partial charge in [0.2, 0.25) is 5.88 Å². The molecule has 0 amide bonds. The van der Waals surface area contributed by atoms with E-state index in [1.165, 1.54) is 11.1 Å². The number of rotatable bonds is 2. The van der Waals surface area contributed by atoms with E-state index in [4.69, 9.17) is 10.3 Å². The molecular weight excluding hydrogens is 188 g/mol. The Kier molecular flexibility index (Phi) is 2.46. The molecule has 78 valence electrons. The molecule has 0 bridgehead atoms. The van der Waals surface area contributed by atoms with Gasteiger partial charge in [-0.2, -0.15) is 0 Å². The lowest BCUT2D eigenvalue weighted by Gasteiger charge is -2.05. The number of benzene rings is 1. The van der Waals surface area contributed by atoms with Crippen molar-refractivity contribution in [2.75, 3.05) is 5.73 Å². The van der Waals surface area contributed by atoms with Gasteiger partial charge in [-0.1, -0.05) is 30.3 Å². The number of aromatic nitrogens is 1. The van der Waals surface area contributed by atoms with Crippen LogP contribution < -0.4 is 5.73 Å². The molecular formula is C12H14N2O. The summed E-state index contributed by atoms with van der Waals surface area (Å²) in [6.07, 6.45) is 2.67. The lowest BCUT2D eigenvalue weighted by molar-refractivity contribution is 0.436. The third-order valence-corrected chi connectivity index (χ3v) is 2.64. The maximum atomic E-state index is 5.67. The fourth-order valence-electron chi connectivity index (χ4n) is 1.69. The molecule has 0 atom stereocenters. The van der Waals surface area contributed by atoms with Crippen LogP contribution in [0.15, 0.2) is 28.9 Å². The Balaban J connectivity index is 2.51. The highest BCUT2D eigenvalue weighted by atomic mass is 16.5. The van der Waals surface area contributed by atoms with E-state index in [9.17, 15) is 0 Å². The number of nitrogens with two attached hydrogens (primary N) is 1. The quantitative estimate of drug-likeness (QED) is 0.814. The molecule has 2 N–H and O–H groups in total. The number of nitrogens with zero attached hydrogens (tertiary/aromatic N) is 1. The molecule has 0 saturated heterocycles. The normalized spacial score (nSPS) is 10.5. The molecule has 0 spiro atoms. The van der Waals surface area contributed by atoms with Gasteiger partial charge in [-0.3, -0.25) is 0 Å². The topological polar surface area (TPSA) is 52.0 Å². The second-order valence-electron chi connectivity index (χ2n) is 3.60. The highest BCUT2D eigenvalue weighted by molar-refractivity contribution is 5.72. The number of nitrogen functional groups attached to an aromatic ring is 1. The molecule has 1 aromatic heterocycles. The van der Waals surface area contributed by atoms with Crippen LogP contribution in [0.2, 0.25) is 0 Å². The molecule has 2 aromatic rings. The number of hydrogen-bond donors (Lipinski definition) is 1. The summed E-state index contributed by atoms with van der Waals surface area (Å²) in [4.78, 5) is 0. The second-order valence-corrected chi connectivity index (χ2v) is 3.60. The van der Waals surface area contributed by atoms with Crippen molar-refractivity contribution in [2.24, 2.45) is 0 Å². The minimum Gasteiger partial charge on any atom is -0.367 e. The van der Waals surface area contributed by atoms with Gasteiger partial charge in [0.15, 0.2) is 0 Å². The van der Waals surface area contributed by atoms with Crippen molar-refractivity contribution in [1.82, 2.24) is 5.16 Å². The van der Waals surface area contributed by atoms with E-state index >= 15 is 0 Å². The van der Waals surface area contributed by atoms with Crippen molar-refractivity contribution in [3.05, 3.63) is 35.5 Å². The highest BCUT2D eigenvalue weighted by Crippen LogP contribution is 2.27. The zero-order valence-electron chi connectivity index (χ0n) is 8.95. The Labute approximate surface area is 88.9 Å². The minimum atomic E-state index is 0.376. The molecule has 0 radical (unpaired) electrons. The van der Waals surface area contributed by atoms with E-state index in [-0.39, 0.29) is 0 Å². The molecule has 0 aliphatic rings. The summed E-state index contributed by atoms with van der Waals surface area (Å²) in [6, 6.07) is 6.27. The average molecular weight is 202 g/mol. The standard InChI is InChI=1S/C12H14N2O/c1-3-9-6-10(5-4-8(9)2)11-7-14-15-12(11)13/h4-7H,3,13H2,1-2H3. The van der Waals surface area contributed by atoms with Gasteiger partial charge in [0.05, 0.1) is 11.8 Å². The lowest BCUT2D eigenvalue weighted by Crippen LogP contribution is -1.89. The predicted molar refractivity (Wildman–Crippen MR) is 60.5 cm³/mol. The molecule has 0 fully saturated rings. The van der Waals surface area contributed by atoms with Gasteiger partial charge in [0, 0.05) is 0 Å². The van der Waals surface area contributed by atoms with Gasteiger partial charge in [-0.05, 0) is 30.0 Å². The van der Waals surface area contributed by atoms with Crippen LogP contribution in [0.5, 0.6) is 0 Å². The van der Waals surface area contributed by atoms with E-state index in [2.05, 4.69) is 31.1 Å². The first-order chi connectivity index (χ1) is 7.22. The van der Waals surface area contributed by atoms with Crippen molar-refractivity contribution >= 4 is 5.88 Å². The SMILES string of the molecule is CCc1cc(-c2cnoc2N)ccc1C. The van der Waals surface area contributed by atoms with Gasteiger partial charge in [0.25, 0.3) is 0 Å². The van der Waals surface area contributed by atoms with Crippen LogP contribution in [0.25, 0.3) is 11.1 Å². The first-order valence-corrected chi connectivity index (χ1v) is 5.02. The van der Waals surface area contributed by atoms with E-state index < -0.39 is 0 Å². The third-order valence-electron chi connectivity index (χ3n) is 2.64. The van der Waals surface area contributed by atoms with Crippen LogP contribution in [-0.2, 0) is 6.42 Å². The van der Waals surface area contributed by atoms with Gasteiger partial charge in [-0.25, -0.2) is 0 Å². The zero-order valence-corrected chi connectivity index (χ0v) is 8.95. The largest absolute Gasteiger partial charge is 0.367 e. The molecule has 15 heavy (non-hydrogen) atoms. The van der Waals surface area contributed by atoms with Gasteiger partial charge in [0.1, 0.15) is 0 Å². The fourth-order valence-corrected chi connectivity index (χ4v) is 1.69. The summed E-state index contributed by atoms with van der Waals surface area (Å²) >= 11 is 0. The lowest BCUT2D eigenvalue weighted by atomic mass is 10.00. The number of hydrogen-bond acceptors (Lipinski definition) is 3. The monoisotopic (exact) mass is 202 g/mol. The van der Waals surface area contributed by atoms with Crippen LogP contribution in [0.1, 0.15) is 18.1 Å². The maximum absolute atomic E-state index is 5.67. The Morgan fingerprint density at radius 1 is 1.40 bits per heavy atom. The molecule has 3 heteroatoms. The molecule has 3 nitrogen and oxygen atoms in total. The summed E-state index contributed by atoms with van der Waals surface area (Å²) < 4.78 is 4.85. The smallest absolute Gasteiger partial charge is 0.229 e. The molecule has 1 aromatic carbocycles. The predicted octanol–water partition coefficient (Wildman–Crippen LogP) is 2.79. The van der Waals surface area contributed by atoms with E-state index in [0.717, 1.165) is 17.5 Å². The van der Waals surface area contributed by atoms with Gasteiger partial charge >= 0.3 is 0 Å². The Morgan fingerprint density at radius 3 is 2.80 bits per heavy atom. The molecule has 0 aliphatic carbocycles. The van der Waals surface area contributed by atoms with Crippen LogP contribution in [0.4, 0.5) is 5.88 Å². The number of aryl methyl sites for hydroxylation is 2. The van der Waals surface area contributed by atoms with Crippen molar-refractivity contribution in [1.29, 1.82) is 0 Å². The van der Waals surface area contributed by atoms with Crippen LogP contribution in [0, 0.1) is 6.92 Å². The Morgan fingerprint density at radius 2 is 2.20 bits per heavy atom. The van der Waals surface area contributed by atoms with Crippen molar-refractivity contribution in [3.8, 4) is 11.1 Å². The maximum Gasteiger partial charge on any atom is 0.229 e. The first kappa shape index (κ1) is 9.77. The van der Waals surface area contributed by atoms with Crippen molar-refractivity contribution in [2.45, 2.75) is 20.3 Å². The van der Waals surface area contributed by atoms with Crippen LogP contribution >= 0.6 is 0 Å². The second kappa shape index (κ2) is 3.77. The Hall–Kier alpha value is -1.77. The van der Waals surface area contributed by atoms with Crippen LogP contribution in [-0.4, -0.2) is 5.16 Å². The molecule has 0 unspecified atom stereocenters. The summed E-state index contributed by atoms with van der Waals surface area (Å²) in [5.74, 6) is 0.376. The molecule has 0 aliphatic heterocycles.